The minimum atomic E-state index is -0.0608. The standard InChI is InChI=1S/C18H24N6OS/c1-13(2)11-24-18(20-21-22-24)26-12-17(25)23(7-5-6-19)16-9-14(3)8-15(4)10-16/h8-10,13H,5,7,11-12H2,1-4H3. The summed E-state index contributed by atoms with van der Waals surface area (Å²) in [5.74, 6) is 0.571. The minimum Gasteiger partial charge on any atom is -0.311 e. The highest BCUT2D eigenvalue weighted by molar-refractivity contribution is 7.99. The van der Waals surface area contributed by atoms with Crippen LogP contribution in [0.5, 0.6) is 0 Å². The molecule has 0 saturated carbocycles. The van der Waals surface area contributed by atoms with Gasteiger partial charge in [-0.3, -0.25) is 4.79 Å². The number of hydrogen-bond donors (Lipinski definition) is 0. The first-order chi connectivity index (χ1) is 12.4. The van der Waals surface area contributed by atoms with Gasteiger partial charge in [0.25, 0.3) is 0 Å². The van der Waals surface area contributed by atoms with E-state index in [-0.39, 0.29) is 18.1 Å². The van der Waals surface area contributed by atoms with Crippen LogP contribution in [0.15, 0.2) is 23.4 Å². The van der Waals surface area contributed by atoms with Gasteiger partial charge in [0.2, 0.25) is 11.1 Å². The van der Waals surface area contributed by atoms with Crippen molar-refractivity contribution >= 4 is 23.4 Å². The summed E-state index contributed by atoms with van der Waals surface area (Å²) in [4.78, 5) is 14.5. The van der Waals surface area contributed by atoms with Gasteiger partial charge >= 0.3 is 0 Å². The molecule has 7 nitrogen and oxygen atoms in total. The molecule has 1 aromatic heterocycles. The number of carbonyl (C=O) groups is 1. The Morgan fingerprint density at radius 3 is 2.62 bits per heavy atom. The third-order valence-corrected chi connectivity index (χ3v) is 4.57. The van der Waals surface area contributed by atoms with Gasteiger partial charge in [-0.05, 0) is 53.5 Å². The van der Waals surface area contributed by atoms with E-state index < -0.39 is 0 Å². The van der Waals surface area contributed by atoms with Gasteiger partial charge < -0.3 is 4.90 Å². The molecule has 26 heavy (non-hydrogen) atoms. The number of hydrogen-bond acceptors (Lipinski definition) is 6. The number of benzene rings is 1. The number of aryl methyl sites for hydroxylation is 2. The van der Waals surface area contributed by atoms with Crippen molar-refractivity contribution in [1.82, 2.24) is 20.2 Å². The minimum absolute atomic E-state index is 0.0608. The van der Waals surface area contributed by atoms with Crippen molar-refractivity contribution in [2.24, 2.45) is 5.92 Å². The zero-order valence-corrected chi connectivity index (χ0v) is 16.5. The molecule has 1 amide bonds. The number of thioether (sulfide) groups is 1. The summed E-state index contributed by atoms with van der Waals surface area (Å²) in [6.45, 7) is 9.25. The van der Waals surface area contributed by atoms with Crippen molar-refractivity contribution < 1.29 is 4.79 Å². The van der Waals surface area contributed by atoms with E-state index in [0.29, 0.717) is 24.2 Å². The Hall–Kier alpha value is -2.40. The van der Waals surface area contributed by atoms with Gasteiger partial charge in [0, 0.05) is 18.8 Å². The molecule has 2 aromatic rings. The van der Waals surface area contributed by atoms with Crippen LogP contribution in [0.2, 0.25) is 0 Å². The van der Waals surface area contributed by atoms with Gasteiger partial charge in [-0.25, -0.2) is 4.68 Å². The summed E-state index contributed by atoms with van der Waals surface area (Å²) in [5.41, 5.74) is 3.00. The molecule has 1 aromatic carbocycles. The van der Waals surface area contributed by atoms with Gasteiger partial charge in [-0.2, -0.15) is 5.26 Å². The average molecular weight is 372 g/mol. The SMILES string of the molecule is Cc1cc(C)cc(N(CCC#N)C(=O)CSc2nnnn2CC(C)C)c1. The molecule has 0 unspecified atom stereocenters. The lowest BCUT2D eigenvalue weighted by Gasteiger charge is -2.22. The van der Waals surface area contributed by atoms with E-state index in [1.165, 1.54) is 11.8 Å². The van der Waals surface area contributed by atoms with Crippen molar-refractivity contribution in [1.29, 1.82) is 5.26 Å². The van der Waals surface area contributed by atoms with Crippen LogP contribution >= 0.6 is 11.8 Å². The van der Waals surface area contributed by atoms with Crippen molar-refractivity contribution in [3.63, 3.8) is 0 Å². The molecule has 0 bridgehead atoms. The number of tetrazole rings is 1. The maximum atomic E-state index is 12.8. The summed E-state index contributed by atoms with van der Waals surface area (Å²) in [6.07, 6.45) is 0.286. The van der Waals surface area contributed by atoms with E-state index in [1.54, 1.807) is 9.58 Å². The Balaban J connectivity index is 2.12. The Bertz CT molecular complexity index is 775. The predicted octanol–water partition coefficient (Wildman–Crippen LogP) is 2.98. The average Bonchev–Trinajstić information content (AvgIpc) is 2.98. The fourth-order valence-corrected chi connectivity index (χ4v) is 3.39. The van der Waals surface area contributed by atoms with Crippen molar-refractivity contribution in [2.75, 3.05) is 17.2 Å². The van der Waals surface area contributed by atoms with Gasteiger partial charge in [-0.15, -0.1) is 5.10 Å². The van der Waals surface area contributed by atoms with Crippen LogP contribution < -0.4 is 4.90 Å². The maximum absolute atomic E-state index is 12.8. The molecule has 0 spiro atoms. The molecule has 0 aliphatic rings. The molecular weight excluding hydrogens is 348 g/mol. The van der Waals surface area contributed by atoms with E-state index in [0.717, 1.165) is 16.8 Å². The van der Waals surface area contributed by atoms with Gasteiger partial charge in [-0.1, -0.05) is 31.7 Å². The van der Waals surface area contributed by atoms with E-state index >= 15 is 0 Å². The van der Waals surface area contributed by atoms with Crippen molar-refractivity contribution in [3.05, 3.63) is 29.3 Å². The third kappa shape index (κ3) is 5.56. The second-order valence-corrected chi connectivity index (χ2v) is 7.57. The van der Waals surface area contributed by atoms with Crippen LogP contribution in [0.1, 0.15) is 31.4 Å². The predicted molar refractivity (Wildman–Crippen MR) is 102 cm³/mol. The van der Waals surface area contributed by atoms with Crippen molar-refractivity contribution in [2.45, 2.75) is 45.8 Å². The van der Waals surface area contributed by atoms with Crippen LogP contribution in [-0.2, 0) is 11.3 Å². The molecule has 0 N–H and O–H groups in total. The Morgan fingerprint density at radius 2 is 2.00 bits per heavy atom. The monoisotopic (exact) mass is 372 g/mol. The smallest absolute Gasteiger partial charge is 0.237 e. The van der Waals surface area contributed by atoms with E-state index in [1.807, 2.05) is 26.0 Å². The first-order valence-electron chi connectivity index (χ1n) is 8.55. The molecule has 138 valence electrons. The van der Waals surface area contributed by atoms with Crippen LogP contribution in [0.25, 0.3) is 0 Å². The molecule has 0 atom stereocenters. The molecule has 0 radical (unpaired) electrons. The molecule has 0 aliphatic carbocycles. The second kappa shape index (κ2) is 9.34. The number of carbonyl (C=O) groups excluding carboxylic acids is 1. The molecule has 0 aliphatic heterocycles. The number of nitrogens with zero attached hydrogens (tertiary/aromatic N) is 6. The van der Waals surface area contributed by atoms with E-state index in [9.17, 15) is 4.79 Å². The van der Waals surface area contributed by atoms with Gasteiger partial charge in [0.05, 0.1) is 18.2 Å². The van der Waals surface area contributed by atoms with Crippen LogP contribution in [-0.4, -0.2) is 38.4 Å². The van der Waals surface area contributed by atoms with Gasteiger partial charge in [0.1, 0.15) is 0 Å². The number of aromatic nitrogens is 4. The lowest BCUT2D eigenvalue weighted by atomic mass is 10.1. The second-order valence-electron chi connectivity index (χ2n) is 6.63. The number of nitriles is 1. The van der Waals surface area contributed by atoms with Crippen LogP contribution in [0.3, 0.4) is 0 Å². The lowest BCUT2D eigenvalue weighted by Crippen LogP contribution is -2.33. The topological polar surface area (TPSA) is 87.7 Å². The molecular formula is C18H24N6OS. The highest BCUT2D eigenvalue weighted by Crippen LogP contribution is 2.22. The fraction of sp³-hybridized carbons (Fsp3) is 0.500. The van der Waals surface area contributed by atoms with E-state index in [4.69, 9.17) is 5.26 Å². The lowest BCUT2D eigenvalue weighted by molar-refractivity contribution is -0.116. The summed E-state index contributed by atoms with van der Waals surface area (Å²) in [7, 11) is 0. The maximum Gasteiger partial charge on any atom is 0.237 e. The summed E-state index contributed by atoms with van der Waals surface area (Å²) in [5, 5.41) is 21.2. The third-order valence-electron chi connectivity index (χ3n) is 3.63. The fourth-order valence-electron chi connectivity index (χ4n) is 2.63. The van der Waals surface area contributed by atoms with Crippen LogP contribution in [0, 0.1) is 31.1 Å². The highest BCUT2D eigenvalue weighted by atomic mass is 32.2. The molecule has 0 saturated heterocycles. The molecule has 8 heteroatoms. The molecule has 2 rings (SSSR count). The molecule has 1 heterocycles. The highest BCUT2D eigenvalue weighted by Gasteiger charge is 2.18. The Morgan fingerprint density at radius 1 is 1.31 bits per heavy atom. The Labute approximate surface area is 158 Å². The van der Waals surface area contributed by atoms with Crippen molar-refractivity contribution in [3.8, 4) is 6.07 Å². The zero-order valence-electron chi connectivity index (χ0n) is 15.6. The summed E-state index contributed by atoms with van der Waals surface area (Å²) >= 11 is 1.32. The summed E-state index contributed by atoms with van der Waals surface area (Å²) < 4.78 is 1.72. The van der Waals surface area contributed by atoms with Crippen LogP contribution in [0.4, 0.5) is 5.69 Å². The Kier molecular flexibility index (Phi) is 7.16. The number of rotatable bonds is 8. The molecule has 0 fully saturated rings. The van der Waals surface area contributed by atoms with Gasteiger partial charge in [0.15, 0.2) is 0 Å². The van der Waals surface area contributed by atoms with E-state index in [2.05, 4.69) is 41.5 Å². The number of anilines is 1. The quantitative estimate of drug-likeness (QED) is 0.662. The first-order valence-corrected chi connectivity index (χ1v) is 9.54. The number of amides is 1. The first kappa shape index (κ1) is 19.9. The normalized spacial score (nSPS) is 10.8. The zero-order chi connectivity index (χ0) is 19.1. The summed E-state index contributed by atoms with van der Waals surface area (Å²) in [6, 6.07) is 8.11. The largest absolute Gasteiger partial charge is 0.311 e.